The van der Waals surface area contributed by atoms with Crippen molar-refractivity contribution in [2.24, 2.45) is 0 Å². The number of methoxy groups -OCH3 is 1. The van der Waals surface area contributed by atoms with Crippen molar-refractivity contribution in [1.82, 2.24) is 4.31 Å². The minimum atomic E-state index is -3.83. The van der Waals surface area contributed by atoms with Crippen LogP contribution in [-0.2, 0) is 10.0 Å². The summed E-state index contributed by atoms with van der Waals surface area (Å²) in [5, 5.41) is -0.391. The lowest BCUT2D eigenvalue weighted by molar-refractivity contribution is 0.320. The molecule has 1 fully saturated rings. The van der Waals surface area contributed by atoms with Gasteiger partial charge in [0.25, 0.3) is 0 Å². The van der Waals surface area contributed by atoms with Crippen LogP contribution in [0.3, 0.4) is 0 Å². The normalized spacial score (nSPS) is 17.3. The van der Waals surface area contributed by atoms with Crippen LogP contribution in [0.5, 0.6) is 17.2 Å². The minimum Gasteiger partial charge on any atom is -0.496 e. The molecule has 0 saturated carbocycles. The molecule has 0 spiro atoms. The SMILES string of the molecule is CCOc1ccc(OCC)c(S(=O)(=O)N2CCSC2c2cc(Br)ccc2OC)c1. The Morgan fingerprint density at radius 3 is 2.52 bits per heavy atom. The zero-order chi connectivity index (χ0) is 21.0. The van der Waals surface area contributed by atoms with E-state index < -0.39 is 15.4 Å². The maximum atomic E-state index is 13.7. The number of hydrogen-bond acceptors (Lipinski definition) is 6. The Morgan fingerprint density at radius 2 is 1.83 bits per heavy atom. The average molecular weight is 502 g/mol. The highest BCUT2D eigenvalue weighted by Gasteiger charge is 2.39. The molecule has 0 aliphatic carbocycles. The molecule has 6 nitrogen and oxygen atoms in total. The highest BCUT2D eigenvalue weighted by atomic mass is 79.9. The van der Waals surface area contributed by atoms with Crippen LogP contribution in [-0.4, -0.2) is 45.3 Å². The van der Waals surface area contributed by atoms with Gasteiger partial charge in [0, 0.05) is 28.4 Å². The van der Waals surface area contributed by atoms with E-state index >= 15 is 0 Å². The van der Waals surface area contributed by atoms with E-state index in [4.69, 9.17) is 14.2 Å². The fraction of sp³-hybridized carbons (Fsp3) is 0.400. The molecule has 1 unspecified atom stereocenters. The Labute approximate surface area is 184 Å². The van der Waals surface area contributed by atoms with Crippen molar-refractivity contribution in [3.63, 3.8) is 0 Å². The maximum Gasteiger partial charge on any atom is 0.248 e. The summed E-state index contributed by atoms with van der Waals surface area (Å²) in [6.07, 6.45) is 0. The molecule has 1 saturated heterocycles. The quantitative estimate of drug-likeness (QED) is 0.522. The molecule has 0 aromatic heterocycles. The monoisotopic (exact) mass is 501 g/mol. The van der Waals surface area contributed by atoms with Crippen molar-refractivity contribution < 1.29 is 22.6 Å². The van der Waals surface area contributed by atoms with Gasteiger partial charge in [0.15, 0.2) is 0 Å². The van der Waals surface area contributed by atoms with E-state index in [1.54, 1.807) is 37.1 Å². The summed E-state index contributed by atoms with van der Waals surface area (Å²) in [7, 11) is -2.24. The summed E-state index contributed by atoms with van der Waals surface area (Å²) in [5.41, 5.74) is 0.812. The first kappa shape index (κ1) is 22.3. The molecule has 9 heteroatoms. The first-order valence-corrected chi connectivity index (χ1v) is 12.6. The second-order valence-corrected chi connectivity index (χ2v) is 10.2. The lowest BCUT2D eigenvalue weighted by atomic mass is 10.2. The molecule has 0 bridgehead atoms. The van der Waals surface area contributed by atoms with E-state index in [-0.39, 0.29) is 4.90 Å². The van der Waals surface area contributed by atoms with Gasteiger partial charge in [-0.2, -0.15) is 4.31 Å². The highest BCUT2D eigenvalue weighted by Crippen LogP contribution is 2.46. The predicted octanol–water partition coefficient (Wildman–Crippen LogP) is 4.69. The number of sulfonamides is 1. The van der Waals surface area contributed by atoms with Crippen molar-refractivity contribution in [3.8, 4) is 17.2 Å². The van der Waals surface area contributed by atoms with Gasteiger partial charge in [-0.3, -0.25) is 0 Å². The summed E-state index contributed by atoms with van der Waals surface area (Å²) in [4.78, 5) is 0.117. The highest BCUT2D eigenvalue weighted by molar-refractivity contribution is 9.10. The summed E-state index contributed by atoms with van der Waals surface area (Å²) >= 11 is 5.05. The summed E-state index contributed by atoms with van der Waals surface area (Å²) in [5.74, 6) is 2.17. The third-order valence-corrected chi connectivity index (χ3v) is 8.17. The van der Waals surface area contributed by atoms with E-state index in [1.165, 1.54) is 4.31 Å². The zero-order valence-corrected chi connectivity index (χ0v) is 19.8. The Balaban J connectivity index is 2.07. The molecular weight excluding hydrogens is 478 g/mol. The van der Waals surface area contributed by atoms with E-state index in [1.807, 2.05) is 32.0 Å². The fourth-order valence-electron chi connectivity index (χ4n) is 3.19. The maximum absolute atomic E-state index is 13.7. The second-order valence-electron chi connectivity index (χ2n) is 6.20. The molecular formula is C20H24BrNO5S2. The van der Waals surface area contributed by atoms with Crippen LogP contribution in [0.25, 0.3) is 0 Å². The molecule has 1 heterocycles. The summed E-state index contributed by atoms with van der Waals surface area (Å²) < 4.78 is 46.4. The van der Waals surface area contributed by atoms with Crippen LogP contribution >= 0.6 is 27.7 Å². The topological polar surface area (TPSA) is 65.1 Å². The number of halogens is 1. The third-order valence-electron chi connectivity index (χ3n) is 4.42. The molecule has 0 radical (unpaired) electrons. The van der Waals surface area contributed by atoms with E-state index in [0.717, 1.165) is 10.0 Å². The average Bonchev–Trinajstić information content (AvgIpc) is 3.20. The first-order valence-electron chi connectivity index (χ1n) is 9.28. The zero-order valence-electron chi connectivity index (χ0n) is 16.6. The Hall–Kier alpha value is -1.42. The van der Waals surface area contributed by atoms with Gasteiger partial charge in [-0.15, -0.1) is 11.8 Å². The number of benzene rings is 2. The summed E-state index contributed by atoms with van der Waals surface area (Å²) in [6, 6.07) is 10.5. The van der Waals surface area contributed by atoms with Crippen LogP contribution in [0, 0.1) is 0 Å². The lowest BCUT2D eigenvalue weighted by Crippen LogP contribution is -2.31. The molecule has 2 aromatic carbocycles. The molecule has 158 valence electrons. The number of ether oxygens (including phenoxy) is 3. The van der Waals surface area contributed by atoms with Crippen molar-refractivity contribution in [2.75, 3.05) is 32.6 Å². The lowest BCUT2D eigenvalue weighted by Gasteiger charge is -2.26. The van der Waals surface area contributed by atoms with E-state index in [0.29, 0.717) is 42.8 Å². The van der Waals surface area contributed by atoms with Gasteiger partial charge < -0.3 is 14.2 Å². The molecule has 0 amide bonds. The van der Waals surface area contributed by atoms with E-state index in [2.05, 4.69) is 15.9 Å². The molecule has 29 heavy (non-hydrogen) atoms. The van der Waals surface area contributed by atoms with Crippen molar-refractivity contribution in [1.29, 1.82) is 0 Å². The number of hydrogen-bond donors (Lipinski definition) is 0. The Kier molecular flexibility index (Phi) is 7.37. The predicted molar refractivity (Wildman–Crippen MR) is 119 cm³/mol. The molecule has 1 atom stereocenters. The van der Waals surface area contributed by atoms with Crippen LogP contribution < -0.4 is 14.2 Å². The van der Waals surface area contributed by atoms with Gasteiger partial charge >= 0.3 is 0 Å². The van der Waals surface area contributed by atoms with Crippen LogP contribution in [0.2, 0.25) is 0 Å². The van der Waals surface area contributed by atoms with Gasteiger partial charge in [-0.25, -0.2) is 8.42 Å². The van der Waals surface area contributed by atoms with Crippen molar-refractivity contribution >= 4 is 37.7 Å². The Morgan fingerprint density at radius 1 is 1.10 bits per heavy atom. The van der Waals surface area contributed by atoms with Crippen molar-refractivity contribution in [3.05, 3.63) is 46.4 Å². The molecule has 2 aromatic rings. The molecule has 3 rings (SSSR count). The van der Waals surface area contributed by atoms with Crippen LogP contribution in [0.4, 0.5) is 0 Å². The smallest absolute Gasteiger partial charge is 0.248 e. The Bertz CT molecular complexity index is 967. The number of thioether (sulfide) groups is 1. The molecule has 1 aliphatic heterocycles. The largest absolute Gasteiger partial charge is 0.496 e. The standard InChI is InChI=1S/C20H24BrNO5S2/c1-4-26-15-7-9-18(27-5-2)19(13-15)29(23,24)22-10-11-28-20(22)16-12-14(21)6-8-17(16)25-3/h6-9,12-13,20H,4-5,10-11H2,1-3H3. The van der Waals surface area contributed by atoms with Crippen LogP contribution in [0.1, 0.15) is 24.8 Å². The first-order chi connectivity index (χ1) is 13.9. The van der Waals surface area contributed by atoms with Crippen LogP contribution in [0.15, 0.2) is 45.8 Å². The van der Waals surface area contributed by atoms with Gasteiger partial charge in [0.1, 0.15) is 22.1 Å². The van der Waals surface area contributed by atoms with Gasteiger partial charge in [0.2, 0.25) is 10.0 Å². The number of nitrogens with zero attached hydrogens (tertiary/aromatic N) is 1. The van der Waals surface area contributed by atoms with Gasteiger partial charge in [-0.1, -0.05) is 15.9 Å². The fourth-order valence-corrected chi connectivity index (χ4v) is 6.97. The number of rotatable bonds is 8. The second kappa shape index (κ2) is 9.59. The van der Waals surface area contributed by atoms with Gasteiger partial charge in [0.05, 0.1) is 25.7 Å². The molecule has 0 N–H and O–H groups in total. The van der Waals surface area contributed by atoms with Gasteiger partial charge in [-0.05, 0) is 44.2 Å². The summed E-state index contributed by atoms with van der Waals surface area (Å²) in [6.45, 7) is 4.90. The van der Waals surface area contributed by atoms with E-state index in [9.17, 15) is 8.42 Å². The third kappa shape index (κ3) is 4.68. The minimum absolute atomic E-state index is 0.117. The molecule has 1 aliphatic rings. The van der Waals surface area contributed by atoms with Crippen molar-refractivity contribution in [2.45, 2.75) is 24.1 Å².